The van der Waals surface area contributed by atoms with Crippen LogP contribution in [0.4, 0.5) is 0 Å². The van der Waals surface area contributed by atoms with Crippen LogP contribution in [0.25, 0.3) is 11.0 Å². The Labute approximate surface area is 201 Å². The molecule has 2 aromatic carbocycles. The van der Waals surface area contributed by atoms with Crippen LogP contribution in [-0.2, 0) is 0 Å². The number of nitrogens with zero attached hydrogens (tertiary/aromatic N) is 2. The van der Waals surface area contributed by atoms with Gasteiger partial charge in [0.15, 0.2) is 5.43 Å². The Morgan fingerprint density at radius 1 is 1.06 bits per heavy atom. The lowest BCUT2D eigenvalue weighted by Gasteiger charge is -2.26. The predicted molar refractivity (Wildman–Crippen MR) is 135 cm³/mol. The normalized spacial score (nSPS) is 15.4. The first-order valence-corrected chi connectivity index (χ1v) is 12.1. The molecule has 2 heterocycles. The first-order valence-electron chi connectivity index (χ1n) is 12.1. The Kier molecular flexibility index (Phi) is 7.08. The SMILES string of the molecule is CCCCOc1cccc([C@@H]2c3c(oc4cc(C)c(C)cc4c3=O)C(=O)N2CCCN(C)C)c1. The zero-order valence-electron chi connectivity index (χ0n) is 20.8. The first kappa shape index (κ1) is 24.0. The van der Waals surface area contributed by atoms with Crippen LogP contribution >= 0.6 is 0 Å². The van der Waals surface area contributed by atoms with Crippen molar-refractivity contribution in [3.05, 3.63) is 74.6 Å². The number of amides is 1. The number of unbranched alkanes of at least 4 members (excludes halogenated alkanes) is 1. The van der Waals surface area contributed by atoms with Crippen molar-refractivity contribution in [3.8, 4) is 5.75 Å². The highest BCUT2D eigenvalue weighted by Crippen LogP contribution is 2.39. The Hall–Kier alpha value is -3.12. The summed E-state index contributed by atoms with van der Waals surface area (Å²) < 4.78 is 12.0. The number of benzene rings is 2. The maximum absolute atomic E-state index is 13.8. The number of hydrogen-bond acceptors (Lipinski definition) is 5. The molecule has 1 aliphatic rings. The summed E-state index contributed by atoms with van der Waals surface area (Å²) >= 11 is 0. The predicted octanol–water partition coefficient (Wildman–Crippen LogP) is 5.09. The topological polar surface area (TPSA) is 63.0 Å². The van der Waals surface area contributed by atoms with E-state index >= 15 is 0 Å². The van der Waals surface area contributed by atoms with E-state index < -0.39 is 6.04 Å². The molecule has 0 radical (unpaired) electrons. The molecule has 0 saturated carbocycles. The summed E-state index contributed by atoms with van der Waals surface area (Å²) in [5, 5.41) is 0.519. The van der Waals surface area contributed by atoms with Gasteiger partial charge in [0.05, 0.1) is 23.6 Å². The molecule has 3 aromatic rings. The van der Waals surface area contributed by atoms with E-state index in [2.05, 4.69) is 11.8 Å². The van der Waals surface area contributed by atoms with E-state index in [-0.39, 0.29) is 17.1 Å². The van der Waals surface area contributed by atoms with Crippen molar-refractivity contribution in [1.29, 1.82) is 0 Å². The van der Waals surface area contributed by atoms with E-state index in [1.54, 1.807) is 4.90 Å². The summed E-state index contributed by atoms with van der Waals surface area (Å²) in [4.78, 5) is 31.2. The number of fused-ring (bicyclic) bond motifs is 2. The van der Waals surface area contributed by atoms with Crippen LogP contribution in [-0.4, -0.2) is 49.5 Å². The fraction of sp³-hybridized carbons (Fsp3) is 0.429. The Morgan fingerprint density at radius 2 is 1.82 bits per heavy atom. The molecule has 1 aromatic heterocycles. The number of carbonyl (C=O) groups is 1. The quantitative estimate of drug-likeness (QED) is 0.415. The molecule has 180 valence electrons. The van der Waals surface area contributed by atoms with Gasteiger partial charge >= 0.3 is 0 Å². The minimum atomic E-state index is -0.498. The number of aryl methyl sites for hydroxylation is 2. The van der Waals surface area contributed by atoms with Crippen molar-refractivity contribution < 1.29 is 13.9 Å². The second kappa shape index (κ2) is 10.0. The van der Waals surface area contributed by atoms with Crippen molar-refractivity contribution >= 4 is 16.9 Å². The van der Waals surface area contributed by atoms with Crippen molar-refractivity contribution in [2.45, 2.75) is 46.1 Å². The van der Waals surface area contributed by atoms with Crippen molar-refractivity contribution in [3.63, 3.8) is 0 Å². The summed E-state index contributed by atoms with van der Waals surface area (Å²) in [6.07, 6.45) is 2.82. The highest BCUT2D eigenvalue weighted by atomic mass is 16.5. The number of rotatable bonds is 9. The molecule has 0 spiro atoms. The minimum absolute atomic E-state index is 0.134. The monoisotopic (exact) mass is 462 g/mol. The standard InChI is InChI=1S/C28H34N2O4/c1-6-7-14-33-21-11-8-10-20(17-21)25-24-26(31)22-15-18(2)19(3)16-23(22)34-27(24)28(32)30(25)13-9-12-29(4)5/h8,10-11,15-17,25H,6-7,9,12-14H2,1-5H3/t25-/m1/s1. The average molecular weight is 463 g/mol. The maximum Gasteiger partial charge on any atom is 0.290 e. The van der Waals surface area contributed by atoms with Crippen LogP contribution < -0.4 is 10.2 Å². The number of hydrogen-bond donors (Lipinski definition) is 0. The van der Waals surface area contributed by atoms with Gasteiger partial charge in [-0.05, 0) is 88.3 Å². The zero-order chi connectivity index (χ0) is 24.4. The Morgan fingerprint density at radius 3 is 2.56 bits per heavy atom. The van der Waals surface area contributed by atoms with Crippen LogP contribution in [0, 0.1) is 13.8 Å². The molecule has 0 N–H and O–H groups in total. The smallest absolute Gasteiger partial charge is 0.290 e. The van der Waals surface area contributed by atoms with Crippen molar-refractivity contribution in [1.82, 2.24) is 9.80 Å². The van der Waals surface area contributed by atoms with E-state index in [0.717, 1.165) is 48.2 Å². The highest BCUT2D eigenvalue weighted by molar-refractivity contribution is 5.99. The molecule has 0 unspecified atom stereocenters. The Bertz CT molecular complexity index is 1260. The molecule has 0 bridgehead atoms. The van der Waals surface area contributed by atoms with Crippen LogP contribution in [0.3, 0.4) is 0 Å². The lowest BCUT2D eigenvalue weighted by Crippen LogP contribution is -2.32. The zero-order valence-corrected chi connectivity index (χ0v) is 20.8. The molecule has 4 rings (SSSR count). The van der Waals surface area contributed by atoms with E-state index in [4.69, 9.17) is 9.15 Å². The van der Waals surface area contributed by atoms with Gasteiger partial charge in [0.1, 0.15) is 11.3 Å². The second-order valence-corrected chi connectivity index (χ2v) is 9.44. The third-order valence-corrected chi connectivity index (χ3v) is 6.53. The molecule has 1 atom stereocenters. The lowest BCUT2D eigenvalue weighted by molar-refractivity contribution is 0.0722. The van der Waals surface area contributed by atoms with Gasteiger partial charge in [-0.25, -0.2) is 0 Å². The molecule has 1 amide bonds. The van der Waals surface area contributed by atoms with Gasteiger partial charge in [0.2, 0.25) is 5.76 Å². The molecule has 0 saturated heterocycles. The van der Waals surface area contributed by atoms with Gasteiger partial charge < -0.3 is 19.0 Å². The summed E-state index contributed by atoms with van der Waals surface area (Å²) in [7, 11) is 4.02. The summed E-state index contributed by atoms with van der Waals surface area (Å²) in [5.41, 5.74) is 3.67. The minimum Gasteiger partial charge on any atom is -0.494 e. The summed E-state index contributed by atoms with van der Waals surface area (Å²) in [5.74, 6) is 0.679. The van der Waals surface area contributed by atoms with Crippen LogP contribution in [0.2, 0.25) is 0 Å². The molecule has 34 heavy (non-hydrogen) atoms. The van der Waals surface area contributed by atoms with Crippen LogP contribution in [0.1, 0.15) is 65.0 Å². The van der Waals surface area contributed by atoms with E-state index in [9.17, 15) is 9.59 Å². The van der Waals surface area contributed by atoms with Gasteiger partial charge in [0.25, 0.3) is 5.91 Å². The van der Waals surface area contributed by atoms with Gasteiger partial charge in [0, 0.05) is 6.54 Å². The van der Waals surface area contributed by atoms with Gasteiger partial charge in [-0.3, -0.25) is 9.59 Å². The maximum atomic E-state index is 13.8. The molecule has 6 nitrogen and oxygen atoms in total. The molecule has 6 heteroatoms. The van der Waals surface area contributed by atoms with Crippen molar-refractivity contribution in [2.75, 3.05) is 33.8 Å². The molecular weight excluding hydrogens is 428 g/mol. The fourth-order valence-electron chi connectivity index (χ4n) is 4.52. The van der Waals surface area contributed by atoms with Crippen molar-refractivity contribution in [2.24, 2.45) is 0 Å². The number of ether oxygens (including phenoxy) is 1. The lowest BCUT2D eigenvalue weighted by atomic mass is 9.97. The van der Waals surface area contributed by atoms with Gasteiger partial charge in [-0.1, -0.05) is 25.5 Å². The van der Waals surface area contributed by atoms with Gasteiger partial charge in [-0.15, -0.1) is 0 Å². The summed E-state index contributed by atoms with van der Waals surface area (Å²) in [6.45, 7) is 8.09. The fourth-order valence-corrected chi connectivity index (χ4v) is 4.52. The average Bonchev–Trinajstić information content (AvgIpc) is 3.07. The third-order valence-electron chi connectivity index (χ3n) is 6.53. The highest BCUT2D eigenvalue weighted by Gasteiger charge is 2.42. The second-order valence-electron chi connectivity index (χ2n) is 9.44. The van der Waals surface area contributed by atoms with Crippen LogP contribution in [0.5, 0.6) is 5.75 Å². The largest absolute Gasteiger partial charge is 0.494 e. The molecule has 0 fully saturated rings. The van der Waals surface area contributed by atoms with E-state index in [1.807, 2.05) is 64.3 Å². The number of carbonyl (C=O) groups excluding carboxylic acids is 1. The van der Waals surface area contributed by atoms with E-state index in [1.165, 1.54) is 0 Å². The van der Waals surface area contributed by atoms with Gasteiger partial charge in [-0.2, -0.15) is 0 Å². The molecule has 1 aliphatic heterocycles. The van der Waals surface area contributed by atoms with Crippen LogP contribution in [0.15, 0.2) is 45.6 Å². The molecular formula is C28H34N2O4. The summed E-state index contributed by atoms with van der Waals surface area (Å²) in [6, 6.07) is 11.0. The molecule has 0 aliphatic carbocycles. The van der Waals surface area contributed by atoms with E-state index in [0.29, 0.717) is 29.7 Å². The Balaban J connectivity index is 1.83. The first-order chi connectivity index (χ1) is 16.3. The third kappa shape index (κ3) is 4.60.